The Kier molecular flexibility index (Phi) is 72.9. The second kappa shape index (κ2) is 76.5. The van der Waals surface area contributed by atoms with E-state index in [1.165, 1.54) is 161 Å². The Hall–Kier alpha value is -4.63. The van der Waals surface area contributed by atoms with Crippen LogP contribution in [0, 0.1) is 0 Å². The van der Waals surface area contributed by atoms with Crippen LogP contribution in [0.5, 0.6) is 0 Å². The number of hydrogen-bond donors (Lipinski definition) is 1. The minimum atomic E-state index is -4.41. The van der Waals surface area contributed by atoms with Gasteiger partial charge in [0.25, 0.3) is 0 Å². The van der Waals surface area contributed by atoms with Gasteiger partial charge in [-0.25, -0.2) is 4.57 Å². The molecule has 0 rings (SSSR count). The first kappa shape index (κ1) is 93.4. The molecule has 1 N–H and O–H groups in total. The van der Waals surface area contributed by atoms with E-state index in [0.717, 1.165) is 128 Å². The Morgan fingerprint density at radius 2 is 0.582 bits per heavy atom. The van der Waals surface area contributed by atoms with Crippen LogP contribution in [0.3, 0.4) is 0 Å². The fraction of sp³-hybridized carbons (Fsp3) is 0.659. The molecule has 0 fully saturated rings. The van der Waals surface area contributed by atoms with Gasteiger partial charge < -0.3 is 18.9 Å². The molecular formula is C88H149NO8P+. The molecule has 0 aliphatic carbocycles. The third-order valence-corrected chi connectivity index (χ3v) is 17.7. The Morgan fingerprint density at radius 1 is 0.327 bits per heavy atom. The minimum Gasteiger partial charge on any atom is -0.462 e. The summed E-state index contributed by atoms with van der Waals surface area (Å²) in [5.74, 6) is -0.827. The van der Waals surface area contributed by atoms with Crippen LogP contribution >= 0.6 is 7.82 Å². The quantitative estimate of drug-likeness (QED) is 0.0211. The van der Waals surface area contributed by atoms with E-state index in [1.807, 2.05) is 21.1 Å². The summed E-state index contributed by atoms with van der Waals surface area (Å²) in [7, 11) is 1.45. The first-order valence-corrected chi connectivity index (χ1v) is 41.4. The van der Waals surface area contributed by atoms with Crippen molar-refractivity contribution in [3.05, 3.63) is 170 Å². The number of carbonyl (C=O) groups excluding carboxylic acids is 2. The Labute approximate surface area is 604 Å². The maximum absolute atomic E-state index is 12.9. The van der Waals surface area contributed by atoms with E-state index in [1.54, 1.807) is 0 Å². The second-order valence-corrected chi connectivity index (χ2v) is 28.8. The molecule has 0 heterocycles. The number of likely N-dealkylation sites (N-methyl/N-ethyl adjacent to an activating group) is 1. The van der Waals surface area contributed by atoms with Gasteiger partial charge in [-0.2, -0.15) is 0 Å². The van der Waals surface area contributed by atoms with E-state index in [-0.39, 0.29) is 32.0 Å². The molecule has 0 amide bonds. The van der Waals surface area contributed by atoms with Crippen molar-refractivity contribution in [3.63, 3.8) is 0 Å². The predicted molar refractivity (Wildman–Crippen MR) is 426 cm³/mol. The largest absolute Gasteiger partial charge is 0.472 e. The normalized spacial score (nSPS) is 14.0. The molecule has 98 heavy (non-hydrogen) atoms. The highest BCUT2D eigenvalue weighted by molar-refractivity contribution is 7.47. The summed E-state index contributed by atoms with van der Waals surface area (Å²) < 4.78 is 34.8. The molecule has 0 saturated carbocycles. The number of allylic oxidation sites excluding steroid dienone is 28. The lowest BCUT2D eigenvalue weighted by Gasteiger charge is -2.24. The van der Waals surface area contributed by atoms with Crippen molar-refractivity contribution >= 4 is 19.8 Å². The summed E-state index contributed by atoms with van der Waals surface area (Å²) in [6, 6.07) is 0. The molecule has 0 aromatic rings. The molecule has 2 unspecified atom stereocenters. The van der Waals surface area contributed by atoms with Crippen LogP contribution in [0.1, 0.15) is 322 Å². The highest BCUT2D eigenvalue weighted by Gasteiger charge is 2.27. The zero-order valence-corrected chi connectivity index (χ0v) is 64.6. The first-order valence-electron chi connectivity index (χ1n) is 39.9. The highest BCUT2D eigenvalue weighted by Crippen LogP contribution is 2.43. The molecule has 0 saturated heterocycles. The van der Waals surface area contributed by atoms with E-state index in [4.69, 9.17) is 18.5 Å². The van der Waals surface area contributed by atoms with Crippen molar-refractivity contribution in [2.75, 3.05) is 47.5 Å². The lowest BCUT2D eigenvalue weighted by molar-refractivity contribution is -0.870. The Balaban J connectivity index is 4.10. The lowest BCUT2D eigenvalue weighted by Crippen LogP contribution is -2.37. The van der Waals surface area contributed by atoms with Crippen LogP contribution in [0.2, 0.25) is 0 Å². The number of nitrogens with zero attached hydrogens (tertiary/aromatic N) is 1. The summed E-state index contributed by atoms with van der Waals surface area (Å²) >= 11 is 0. The number of carbonyl (C=O) groups is 2. The van der Waals surface area contributed by atoms with Crippen molar-refractivity contribution in [1.82, 2.24) is 0 Å². The summed E-state index contributed by atoms with van der Waals surface area (Å²) in [5, 5.41) is 0. The maximum atomic E-state index is 12.9. The molecule has 0 radical (unpaired) electrons. The fourth-order valence-corrected chi connectivity index (χ4v) is 11.4. The van der Waals surface area contributed by atoms with E-state index in [2.05, 4.69) is 184 Å². The number of esters is 2. The average molecular weight is 1380 g/mol. The number of phosphoric acid groups is 1. The SMILES string of the molecule is CC/C=C\C/C=C\C/C=C\C/C=C\C/C=C\C/C=C\C/C=C\C/C=C\C/C=C\C/C=C\C/C=C\C/C=C\CCCCCCC(=O)OC(COC(=O)CCCCCCCCCCCCCCCCCCCCCCC/C=C\C/C=C\CCCCCCC)COP(=O)(O)OCC[N+](C)(C)C. The monoisotopic (exact) mass is 1380 g/mol. The van der Waals surface area contributed by atoms with E-state index >= 15 is 0 Å². The van der Waals surface area contributed by atoms with Gasteiger partial charge in [-0.3, -0.25) is 18.6 Å². The van der Waals surface area contributed by atoms with Crippen LogP contribution in [0.4, 0.5) is 0 Å². The average Bonchev–Trinajstić information content (AvgIpc) is 1.08. The summed E-state index contributed by atoms with van der Waals surface area (Å²) in [4.78, 5) is 36.0. The first-order chi connectivity index (χ1) is 48.0. The molecule has 0 bridgehead atoms. The van der Waals surface area contributed by atoms with E-state index in [9.17, 15) is 19.0 Å². The van der Waals surface area contributed by atoms with Gasteiger partial charge in [0, 0.05) is 12.8 Å². The molecule has 0 aliphatic rings. The molecule has 0 aromatic heterocycles. The third kappa shape index (κ3) is 80.3. The van der Waals surface area contributed by atoms with Gasteiger partial charge in [0.15, 0.2) is 6.10 Å². The second-order valence-electron chi connectivity index (χ2n) is 27.4. The van der Waals surface area contributed by atoms with Gasteiger partial charge in [-0.15, -0.1) is 0 Å². The molecule has 558 valence electrons. The summed E-state index contributed by atoms with van der Waals surface area (Å²) in [6.45, 7) is 4.29. The zero-order valence-electron chi connectivity index (χ0n) is 63.7. The van der Waals surface area contributed by atoms with Crippen LogP contribution in [-0.2, 0) is 32.7 Å². The van der Waals surface area contributed by atoms with Gasteiger partial charge in [0.05, 0.1) is 27.7 Å². The van der Waals surface area contributed by atoms with Gasteiger partial charge in [0.2, 0.25) is 0 Å². The third-order valence-electron chi connectivity index (χ3n) is 16.7. The minimum absolute atomic E-state index is 0.0192. The van der Waals surface area contributed by atoms with Gasteiger partial charge >= 0.3 is 19.8 Å². The van der Waals surface area contributed by atoms with Crippen molar-refractivity contribution < 1.29 is 42.1 Å². The van der Waals surface area contributed by atoms with Gasteiger partial charge in [0.1, 0.15) is 19.8 Å². The molecule has 10 heteroatoms. The Morgan fingerprint density at radius 3 is 0.867 bits per heavy atom. The molecule has 0 aliphatic heterocycles. The van der Waals surface area contributed by atoms with E-state index < -0.39 is 26.5 Å². The highest BCUT2D eigenvalue weighted by atomic mass is 31.2. The topological polar surface area (TPSA) is 108 Å². The fourth-order valence-electron chi connectivity index (χ4n) is 10.7. The Bertz CT molecular complexity index is 2270. The van der Waals surface area contributed by atoms with Gasteiger partial charge in [-0.1, -0.05) is 344 Å². The predicted octanol–water partition coefficient (Wildman–Crippen LogP) is 26.8. The summed E-state index contributed by atoms with van der Waals surface area (Å²) in [6.07, 6.45) is 116. The number of ether oxygens (including phenoxy) is 2. The molecule has 0 spiro atoms. The van der Waals surface area contributed by atoms with Crippen molar-refractivity contribution in [2.45, 2.75) is 328 Å². The van der Waals surface area contributed by atoms with Crippen LogP contribution in [0.25, 0.3) is 0 Å². The summed E-state index contributed by atoms with van der Waals surface area (Å²) in [5.41, 5.74) is 0. The maximum Gasteiger partial charge on any atom is 0.472 e. The van der Waals surface area contributed by atoms with E-state index in [0.29, 0.717) is 17.4 Å². The van der Waals surface area contributed by atoms with Crippen LogP contribution in [0.15, 0.2) is 170 Å². The van der Waals surface area contributed by atoms with Crippen molar-refractivity contribution in [2.24, 2.45) is 0 Å². The lowest BCUT2D eigenvalue weighted by atomic mass is 10.0. The number of quaternary nitrogens is 1. The number of phosphoric ester groups is 1. The zero-order chi connectivity index (χ0) is 71.1. The molecule has 9 nitrogen and oxygen atoms in total. The van der Waals surface area contributed by atoms with Crippen molar-refractivity contribution in [1.29, 1.82) is 0 Å². The van der Waals surface area contributed by atoms with Crippen molar-refractivity contribution in [3.8, 4) is 0 Å². The van der Waals surface area contributed by atoms with Crippen LogP contribution < -0.4 is 0 Å². The molecule has 2 atom stereocenters. The van der Waals surface area contributed by atoms with Crippen LogP contribution in [-0.4, -0.2) is 74.9 Å². The number of hydrogen-bond acceptors (Lipinski definition) is 7. The standard InChI is InChI=1S/C88H148NO8P/c1-6-8-10-12-14-16-18-20-22-24-26-28-30-32-34-36-38-40-41-42-43-44-45-46-47-49-51-53-55-57-59-61-63-65-67-69-71-73-75-77-79-81-88(91)97-86(85-96-98(92,93)95-83-82-89(3,4)5)84-94-87(90)80-78-76-74-72-70-68-66-64-62-60-58-56-54-52-50-48-39-37-35-33-31-29-27-25-23-21-19-17-15-13-11-9-7-2/h8,10,14,16,19-22,25-28,32,34,38,40,42-43,45-46,49,51,55,57,61,63,67,69,86H,6-7,9,11-13,15,17-18,23-24,29-31,33,35-37,39,41,44,47-48,50,52-54,56,58-60,62,64-66,68,70-85H2,1-5H3/p+1/b10-8-,16-14-,21-19-,22-20-,27-25-,28-26-,34-32-,40-38-,43-42-,46-45-,51-49-,57-55-,63-61-,69-67-. The molecule has 0 aromatic carbocycles. The van der Waals surface area contributed by atoms with Gasteiger partial charge in [-0.05, 0) is 135 Å². The molecular weight excluding hydrogens is 1230 g/mol. The smallest absolute Gasteiger partial charge is 0.462 e. The number of rotatable bonds is 72. The number of unbranched alkanes of at least 4 members (excludes halogenated alkanes) is 30.